The molecule has 0 bridgehead atoms. The van der Waals surface area contributed by atoms with Gasteiger partial charge in [0, 0.05) is 10.2 Å². The van der Waals surface area contributed by atoms with Crippen LogP contribution in [0.3, 0.4) is 0 Å². The van der Waals surface area contributed by atoms with Crippen molar-refractivity contribution in [1.29, 1.82) is 0 Å². The predicted octanol–water partition coefficient (Wildman–Crippen LogP) is 3.10. The van der Waals surface area contributed by atoms with E-state index in [0.29, 0.717) is 10.0 Å². The Hall–Kier alpha value is -2.67. The summed E-state index contributed by atoms with van der Waals surface area (Å²) < 4.78 is 0.570. The minimum Gasteiger partial charge on any atom is -0.478 e. The number of carboxylic acid groups (broad SMARTS) is 2. The Morgan fingerprint density at radius 3 is 1.95 bits per heavy atom. The Bertz CT molecular complexity index is 740. The van der Waals surface area contributed by atoms with Gasteiger partial charge in [0.15, 0.2) is 0 Å². The second-order valence-corrected chi connectivity index (χ2v) is 5.20. The maximum absolute atomic E-state index is 12.2. The van der Waals surface area contributed by atoms with Gasteiger partial charge in [-0.3, -0.25) is 4.79 Å². The molecule has 0 radical (unpaired) electrons. The van der Waals surface area contributed by atoms with E-state index in [4.69, 9.17) is 10.2 Å². The molecular formula is C15H10BrNO5. The van der Waals surface area contributed by atoms with Crippen molar-refractivity contribution in [2.24, 2.45) is 0 Å². The van der Waals surface area contributed by atoms with Crippen LogP contribution in [0.5, 0.6) is 0 Å². The first-order valence-corrected chi connectivity index (χ1v) is 6.85. The third-order valence-corrected chi connectivity index (χ3v) is 3.49. The molecule has 0 aliphatic rings. The number of benzene rings is 2. The van der Waals surface area contributed by atoms with E-state index in [9.17, 15) is 14.4 Å². The fourth-order valence-electron chi connectivity index (χ4n) is 1.79. The molecule has 3 N–H and O–H groups in total. The number of carbonyl (C=O) groups excluding carboxylic acids is 1. The van der Waals surface area contributed by atoms with E-state index in [2.05, 4.69) is 21.2 Å². The normalized spacial score (nSPS) is 10.0. The van der Waals surface area contributed by atoms with Gasteiger partial charge in [0.25, 0.3) is 5.91 Å². The Kier molecular flexibility index (Phi) is 4.57. The van der Waals surface area contributed by atoms with Crippen LogP contribution in [0.4, 0.5) is 5.69 Å². The van der Waals surface area contributed by atoms with Crippen molar-refractivity contribution < 1.29 is 24.6 Å². The van der Waals surface area contributed by atoms with Crippen LogP contribution in [0.15, 0.2) is 46.9 Å². The van der Waals surface area contributed by atoms with E-state index in [1.54, 1.807) is 24.3 Å². The standard InChI is InChI=1S/C15H10BrNO5/c16-12-4-2-1-3-11(12)13(18)17-10-6-8(14(19)20)5-9(7-10)15(21)22/h1-7H,(H,17,18)(H,19,20)(H,21,22). The first kappa shape index (κ1) is 15.7. The van der Waals surface area contributed by atoms with Gasteiger partial charge in [-0.1, -0.05) is 12.1 Å². The summed E-state index contributed by atoms with van der Waals surface area (Å²) in [6.07, 6.45) is 0. The first-order chi connectivity index (χ1) is 10.4. The molecule has 2 aromatic rings. The van der Waals surface area contributed by atoms with Crippen LogP contribution in [0.2, 0.25) is 0 Å². The quantitative estimate of drug-likeness (QED) is 0.774. The number of aromatic carboxylic acids is 2. The maximum Gasteiger partial charge on any atom is 0.335 e. The van der Waals surface area contributed by atoms with E-state index < -0.39 is 17.8 Å². The predicted molar refractivity (Wildman–Crippen MR) is 82.5 cm³/mol. The summed E-state index contributed by atoms with van der Waals surface area (Å²) in [5.41, 5.74) is 0.00260. The third kappa shape index (κ3) is 3.50. The molecule has 0 saturated heterocycles. The number of anilines is 1. The third-order valence-electron chi connectivity index (χ3n) is 2.80. The van der Waals surface area contributed by atoms with Crippen molar-refractivity contribution in [3.05, 3.63) is 63.6 Å². The van der Waals surface area contributed by atoms with Gasteiger partial charge in [-0.15, -0.1) is 0 Å². The molecule has 112 valence electrons. The number of carboxylic acids is 2. The Balaban J connectivity index is 2.37. The minimum atomic E-state index is -1.28. The van der Waals surface area contributed by atoms with E-state index in [1.807, 2.05) is 0 Å². The Morgan fingerprint density at radius 2 is 1.45 bits per heavy atom. The number of amides is 1. The van der Waals surface area contributed by atoms with E-state index in [0.717, 1.165) is 6.07 Å². The molecule has 22 heavy (non-hydrogen) atoms. The molecule has 7 heteroatoms. The minimum absolute atomic E-state index is 0.0954. The largest absolute Gasteiger partial charge is 0.478 e. The smallest absolute Gasteiger partial charge is 0.335 e. The lowest BCUT2D eigenvalue weighted by atomic mass is 10.1. The fourth-order valence-corrected chi connectivity index (χ4v) is 2.26. The van der Waals surface area contributed by atoms with Crippen molar-refractivity contribution in [3.63, 3.8) is 0 Å². The molecule has 2 aromatic carbocycles. The zero-order valence-corrected chi connectivity index (χ0v) is 12.6. The summed E-state index contributed by atoms with van der Waals surface area (Å²) in [6, 6.07) is 10.1. The molecule has 0 spiro atoms. The molecule has 0 atom stereocenters. The lowest BCUT2D eigenvalue weighted by Gasteiger charge is -2.09. The van der Waals surface area contributed by atoms with Crippen molar-refractivity contribution in [2.45, 2.75) is 0 Å². The summed E-state index contributed by atoms with van der Waals surface area (Å²) in [5, 5.41) is 20.5. The van der Waals surface area contributed by atoms with Gasteiger partial charge < -0.3 is 15.5 Å². The molecule has 0 heterocycles. The van der Waals surface area contributed by atoms with Crippen LogP contribution in [-0.4, -0.2) is 28.1 Å². The van der Waals surface area contributed by atoms with Crippen molar-refractivity contribution in [3.8, 4) is 0 Å². The number of hydrogen-bond acceptors (Lipinski definition) is 3. The molecule has 0 fully saturated rings. The lowest BCUT2D eigenvalue weighted by Crippen LogP contribution is -2.14. The van der Waals surface area contributed by atoms with Crippen LogP contribution in [0.25, 0.3) is 0 Å². The number of carbonyl (C=O) groups is 3. The van der Waals surface area contributed by atoms with Gasteiger partial charge in [0.05, 0.1) is 16.7 Å². The van der Waals surface area contributed by atoms with Crippen LogP contribution in [0, 0.1) is 0 Å². The molecular weight excluding hydrogens is 354 g/mol. The van der Waals surface area contributed by atoms with Gasteiger partial charge >= 0.3 is 11.9 Å². The van der Waals surface area contributed by atoms with Crippen LogP contribution < -0.4 is 5.32 Å². The van der Waals surface area contributed by atoms with Gasteiger partial charge in [0.2, 0.25) is 0 Å². The zero-order chi connectivity index (χ0) is 16.3. The molecule has 2 rings (SSSR count). The first-order valence-electron chi connectivity index (χ1n) is 6.06. The molecule has 0 saturated carbocycles. The van der Waals surface area contributed by atoms with Crippen molar-refractivity contribution >= 4 is 39.5 Å². The molecule has 1 amide bonds. The van der Waals surface area contributed by atoms with E-state index >= 15 is 0 Å². The van der Waals surface area contributed by atoms with Gasteiger partial charge in [-0.25, -0.2) is 9.59 Å². The SMILES string of the molecule is O=C(O)c1cc(NC(=O)c2ccccc2Br)cc(C(=O)O)c1. The van der Waals surface area contributed by atoms with E-state index in [1.165, 1.54) is 12.1 Å². The van der Waals surface area contributed by atoms with Crippen molar-refractivity contribution in [2.75, 3.05) is 5.32 Å². The fraction of sp³-hybridized carbons (Fsp3) is 0. The highest BCUT2D eigenvalue weighted by Gasteiger charge is 2.14. The average Bonchev–Trinajstić information content (AvgIpc) is 2.47. The average molecular weight is 364 g/mol. The topological polar surface area (TPSA) is 104 Å². The van der Waals surface area contributed by atoms with Gasteiger partial charge in [-0.05, 0) is 46.3 Å². The van der Waals surface area contributed by atoms with Crippen LogP contribution in [0.1, 0.15) is 31.1 Å². The number of nitrogens with one attached hydrogen (secondary N) is 1. The second kappa shape index (κ2) is 6.40. The zero-order valence-electron chi connectivity index (χ0n) is 11.0. The highest BCUT2D eigenvalue weighted by molar-refractivity contribution is 9.10. The molecule has 0 aromatic heterocycles. The number of halogens is 1. The highest BCUT2D eigenvalue weighted by Crippen LogP contribution is 2.20. The highest BCUT2D eigenvalue weighted by atomic mass is 79.9. The molecule has 6 nitrogen and oxygen atoms in total. The van der Waals surface area contributed by atoms with Crippen molar-refractivity contribution in [1.82, 2.24) is 0 Å². The molecule has 0 aliphatic carbocycles. The summed E-state index contributed by atoms with van der Waals surface area (Å²) in [4.78, 5) is 34.2. The van der Waals surface area contributed by atoms with E-state index in [-0.39, 0.29) is 16.8 Å². The number of rotatable bonds is 4. The molecule has 0 unspecified atom stereocenters. The summed E-state index contributed by atoms with van der Waals surface area (Å²) in [7, 11) is 0. The Labute approximate surface area is 133 Å². The monoisotopic (exact) mass is 363 g/mol. The summed E-state index contributed by atoms with van der Waals surface area (Å²) >= 11 is 3.24. The molecule has 0 aliphatic heterocycles. The Morgan fingerprint density at radius 1 is 0.909 bits per heavy atom. The maximum atomic E-state index is 12.2. The second-order valence-electron chi connectivity index (χ2n) is 4.34. The van der Waals surface area contributed by atoms with Gasteiger partial charge in [0.1, 0.15) is 0 Å². The summed E-state index contributed by atoms with van der Waals surface area (Å²) in [5.74, 6) is -3.04. The van der Waals surface area contributed by atoms with Gasteiger partial charge in [-0.2, -0.15) is 0 Å². The number of hydrogen-bond donors (Lipinski definition) is 3. The van der Waals surface area contributed by atoms with Crippen LogP contribution in [-0.2, 0) is 0 Å². The van der Waals surface area contributed by atoms with Crippen LogP contribution >= 0.6 is 15.9 Å². The lowest BCUT2D eigenvalue weighted by molar-refractivity contribution is 0.0696. The summed E-state index contributed by atoms with van der Waals surface area (Å²) in [6.45, 7) is 0.